The van der Waals surface area contributed by atoms with Crippen molar-refractivity contribution in [2.75, 3.05) is 0 Å². The molecule has 3 nitrogen and oxygen atoms in total. The molecule has 3 rings (SSSR count). The summed E-state index contributed by atoms with van der Waals surface area (Å²) in [7, 11) is 0. The predicted molar refractivity (Wildman–Crippen MR) is 91.6 cm³/mol. The van der Waals surface area contributed by atoms with Crippen molar-refractivity contribution < 1.29 is 4.79 Å². The molecule has 0 aliphatic carbocycles. The van der Waals surface area contributed by atoms with Crippen LogP contribution in [0.3, 0.4) is 0 Å². The minimum Gasteiger partial charge on any atom is -0.318 e. The molecule has 5 heteroatoms. The van der Waals surface area contributed by atoms with Crippen molar-refractivity contribution in [3.05, 3.63) is 58.3 Å². The number of para-hydroxylation sites is 1. The van der Waals surface area contributed by atoms with E-state index >= 15 is 0 Å². The van der Waals surface area contributed by atoms with E-state index in [9.17, 15) is 4.79 Å². The van der Waals surface area contributed by atoms with Gasteiger partial charge >= 0.3 is 0 Å². The van der Waals surface area contributed by atoms with Crippen molar-refractivity contribution in [2.24, 2.45) is 0 Å². The summed E-state index contributed by atoms with van der Waals surface area (Å²) in [5, 5.41) is 2.64. The number of thiocarbonyl (C=S) groups is 1. The maximum absolute atomic E-state index is 11.8. The Morgan fingerprint density at radius 1 is 1.24 bits per heavy atom. The Bertz CT molecular complexity index is 760. The number of nitrogens with zero attached hydrogens (tertiary/aromatic N) is 1. The van der Waals surface area contributed by atoms with Crippen LogP contribution < -0.4 is 5.32 Å². The van der Waals surface area contributed by atoms with Crippen LogP contribution in [0.15, 0.2) is 41.3 Å². The number of thioether (sulfide) groups is 1. The largest absolute Gasteiger partial charge is 0.318 e. The molecule has 1 aliphatic heterocycles. The zero-order valence-electron chi connectivity index (χ0n) is 11.7. The lowest BCUT2D eigenvalue weighted by Gasteiger charge is -2.09. The van der Waals surface area contributed by atoms with Crippen LogP contribution >= 0.6 is 24.0 Å². The van der Waals surface area contributed by atoms with Crippen molar-refractivity contribution in [1.82, 2.24) is 9.88 Å². The van der Waals surface area contributed by atoms with Gasteiger partial charge in [-0.3, -0.25) is 4.79 Å². The fourth-order valence-electron chi connectivity index (χ4n) is 2.47. The number of carbonyl (C=O) groups excluding carboxylic acids is 1. The van der Waals surface area contributed by atoms with Crippen molar-refractivity contribution in [3.8, 4) is 5.69 Å². The molecule has 0 bridgehead atoms. The number of aromatic nitrogens is 1. The van der Waals surface area contributed by atoms with Gasteiger partial charge in [0.1, 0.15) is 4.32 Å². The number of nitrogens with one attached hydrogen (secondary N) is 1. The van der Waals surface area contributed by atoms with E-state index in [1.165, 1.54) is 11.8 Å². The SMILES string of the molecule is Cc1cc(C=C2SC(=S)NC2=O)c(C)n1-c1ccccc1. The van der Waals surface area contributed by atoms with E-state index in [1.54, 1.807) is 0 Å². The summed E-state index contributed by atoms with van der Waals surface area (Å²) in [5.41, 5.74) is 4.41. The highest BCUT2D eigenvalue weighted by molar-refractivity contribution is 8.26. The van der Waals surface area contributed by atoms with Crippen molar-refractivity contribution in [2.45, 2.75) is 13.8 Å². The van der Waals surface area contributed by atoms with Gasteiger partial charge in [-0.05, 0) is 43.7 Å². The quantitative estimate of drug-likeness (QED) is 0.679. The van der Waals surface area contributed by atoms with Crippen LogP contribution in [0.2, 0.25) is 0 Å². The molecule has 1 saturated heterocycles. The second-order valence-corrected chi connectivity index (χ2v) is 6.57. The van der Waals surface area contributed by atoms with Gasteiger partial charge in [0.2, 0.25) is 0 Å². The van der Waals surface area contributed by atoms with Gasteiger partial charge in [-0.2, -0.15) is 0 Å². The highest BCUT2D eigenvalue weighted by atomic mass is 32.2. The molecular formula is C16H14N2OS2. The van der Waals surface area contributed by atoms with E-state index in [2.05, 4.69) is 41.9 Å². The maximum atomic E-state index is 11.8. The van der Waals surface area contributed by atoms with Crippen LogP contribution in [0, 0.1) is 13.8 Å². The minimum atomic E-state index is -0.116. The van der Waals surface area contributed by atoms with Crippen molar-refractivity contribution in [3.63, 3.8) is 0 Å². The highest BCUT2D eigenvalue weighted by Gasteiger charge is 2.22. The Labute approximate surface area is 133 Å². The Balaban J connectivity index is 2.05. The first kappa shape index (κ1) is 14.1. The smallest absolute Gasteiger partial charge is 0.263 e. The Morgan fingerprint density at radius 2 is 1.95 bits per heavy atom. The summed E-state index contributed by atoms with van der Waals surface area (Å²) in [4.78, 5) is 12.4. The molecule has 1 N–H and O–H groups in total. The molecule has 0 atom stereocenters. The summed E-state index contributed by atoms with van der Waals surface area (Å²) >= 11 is 6.33. The van der Waals surface area contributed by atoms with Gasteiger partial charge in [0.15, 0.2) is 0 Å². The normalized spacial score (nSPS) is 16.6. The molecule has 0 saturated carbocycles. The van der Waals surface area contributed by atoms with E-state index in [0.29, 0.717) is 9.23 Å². The zero-order chi connectivity index (χ0) is 15.0. The average molecular weight is 314 g/mol. The minimum absolute atomic E-state index is 0.116. The monoisotopic (exact) mass is 314 g/mol. The van der Waals surface area contributed by atoms with Crippen LogP contribution in [-0.4, -0.2) is 14.8 Å². The lowest BCUT2D eigenvalue weighted by atomic mass is 10.2. The highest BCUT2D eigenvalue weighted by Crippen LogP contribution is 2.29. The third kappa shape index (κ3) is 2.66. The molecule has 0 radical (unpaired) electrons. The van der Waals surface area contributed by atoms with Gasteiger partial charge in [-0.1, -0.05) is 42.2 Å². The number of benzene rings is 1. The molecule has 106 valence electrons. The topological polar surface area (TPSA) is 34.0 Å². The predicted octanol–water partition coefficient (Wildman–Crippen LogP) is 3.58. The van der Waals surface area contributed by atoms with Crippen LogP contribution in [0.1, 0.15) is 17.0 Å². The molecule has 1 fully saturated rings. The van der Waals surface area contributed by atoms with Crippen LogP contribution in [0.25, 0.3) is 11.8 Å². The number of rotatable bonds is 2. The Hall–Kier alpha value is -1.85. The third-order valence-corrected chi connectivity index (χ3v) is 4.58. The zero-order valence-corrected chi connectivity index (χ0v) is 13.3. The summed E-state index contributed by atoms with van der Waals surface area (Å²) in [6.45, 7) is 4.12. The molecule has 2 heterocycles. The van der Waals surface area contributed by atoms with E-state index in [1.807, 2.05) is 24.3 Å². The molecule has 1 aliphatic rings. The second kappa shape index (κ2) is 5.50. The first-order chi connectivity index (χ1) is 10.1. The summed E-state index contributed by atoms with van der Waals surface area (Å²) in [6, 6.07) is 12.3. The van der Waals surface area contributed by atoms with Crippen molar-refractivity contribution >= 4 is 40.3 Å². The number of hydrogen-bond donors (Lipinski definition) is 1. The van der Waals surface area contributed by atoms with Gasteiger partial charge in [0.25, 0.3) is 5.91 Å². The lowest BCUT2D eigenvalue weighted by molar-refractivity contribution is -0.115. The molecule has 1 aromatic heterocycles. The van der Waals surface area contributed by atoms with Crippen LogP contribution in [-0.2, 0) is 4.79 Å². The fourth-order valence-corrected chi connectivity index (χ4v) is 3.51. The molecule has 1 amide bonds. The van der Waals surface area contributed by atoms with Gasteiger partial charge in [-0.25, -0.2) is 0 Å². The Morgan fingerprint density at radius 3 is 2.57 bits per heavy atom. The van der Waals surface area contributed by atoms with E-state index in [0.717, 1.165) is 22.6 Å². The van der Waals surface area contributed by atoms with Gasteiger partial charge in [-0.15, -0.1) is 0 Å². The van der Waals surface area contributed by atoms with Gasteiger partial charge in [0.05, 0.1) is 4.91 Å². The van der Waals surface area contributed by atoms with Gasteiger partial charge in [0, 0.05) is 17.1 Å². The molecule has 0 spiro atoms. The van der Waals surface area contributed by atoms with E-state index in [-0.39, 0.29) is 5.91 Å². The van der Waals surface area contributed by atoms with Crippen LogP contribution in [0.5, 0.6) is 0 Å². The molecule has 21 heavy (non-hydrogen) atoms. The number of aryl methyl sites for hydroxylation is 1. The average Bonchev–Trinajstić information content (AvgIpc) is 2.91. The number of carbonyl (C=O) groups is 1. The molecular weight excluding hydrogens is 300 g/mol. The van der Waals surface area contributed by atoms with Crippen molar-refractivity contribution in [1.29, 1.82) is 0 Å². The first-order valence-corrected chi connectivity index (χ1v) is 7.78. The molecule has 1 aromatic carbocycles. The second-order valence-electron chi connectivity index (χ2n) is 4.85. The van der Waals surface area contributed by atoms with Gasteiger partial charge < -0.3 is 9.88 Å². The third-order valence-electron chi connectivity index (χ3n) is 3.41. The summed E-state index contributed by atoms with van der Waals surface area (Å²) in [5.74, 6) is -0.116. The van der Waals surface area contributed by atoms with Crippen LogP contribution in [0.4, 0.5) is 0 Å². The summed E-state index contributed by atoms with van der Waals surface area (Å²) in [6.07, 6.45) is 1.90. The summed E-state index contributed by atoms with van der Waals surface area (Å²) < 4.78 is 2.70. The molecule has 2 aromatic rings. The van der Waals surface area contributed by atoms with E-state index in [4.69, 9.17) is 12.2 Å². The fraction of sp³-hybridized carbons (Fsp3) is 0.125. The Kier molecular flexibility index (Phi) is 3.69. The first-order valence-electron chi connectivity index (χ1n) is 6.55. The number of amides is 1. The van der Waals surface area contributed by atoms with E-state index < -0.39 is 0 Å². The standard InChI is InChI=1S/C16H14N2OS2/c1-10-8-12(9-14-15(19)17-16(20)21-14)11(2)18(10)13-6-4-3-5-7-13/h3-9H,1-2H3,(H,17,19,20). The molecule has 0 unspecified atom stereocenters. The number of hydrogen-bond acceptors (Lipinski definition) is 3. The lowest BCUT2D eigenvalue weighted by Crippen LogP contribution is -2.17. The maximum Gasteiger partial charge on any atom is 0.263 e.